The van der Waals surface area contributed by atoms with Crippen molar-refractivity contribution in [3.05, 3.63) is 64.5 Å². The summed E-state index contributed by atoms with van der Waals surface area (Å²) < 4.78 is 22.4. The van der Waals surface area contributed by atoms with Crippen LogP contribution < -0.4 is 10.1 Å². The number of benzene rings is 2. The van der Waals surface area contributed by atoms with Gasteiger partial charge < -0.3 is 10.1 Å². The molecule has 0 spiro atoms. The molecular weight excluding hydrogens is 487 g/mol. The van der Waals surface area contributed by atoms with Crippen molar-refractivity contribution < 1.29 is 13.9 Å². The van der Waals surface area contributed by atoms with Crippen molar-refractivity contribution in [3.8, 4) is 17.0 Å². The molecule has 1 aromatic heterocycles. The number of amides is 1. The van der Waals surface area contributed by atoms with Crippen LogP contribution in [0.4, 0.5) is 10.1 Å². The predicted molar refractivity (Wildman–Crippen MR) is 129 cm³/mol. The highest BCUT2D eigenvalue weighted by atomic mass is 79.9. The van der Waals surface area contributed by atoms with E-state index in [1.807, 2.05) is 19.2 Å². The Hall–Kier alpha value is -2.71. The van der Waals surface area contributed by atoms with Gasteiger partial charge in [-0.3, -0.25) is 14.4 Å². The highest BCUT2D eigenvalue weighted by molar-refractivity contribution is 9.10. The zero-order valence-corrected chi connectivity index (χ0v) is 20.0. The number of aromatic nitrogens is 2. The first-order valence-corrected chi connectivity index (χ1v) is 12.1. The third kappa shape index (κ3) is 4.54. The molecule has 2 aromatic carbocycles. The monoisotopic (exact) mass is 512 g/mol. The van der Waals surface area contributed by atoms with Gasteiger partial charge in [-0.1, -0.05) is 6.07 Å². The number of carbonyl (C=O) groups excluding carboxylic acids is 1. The second kappa shape index (κ2) is 9.27. The first-order chi connectivity index (χ1) is 16.0. The van der Waals surface area contributed by atoms with Crippen LogP contribution in [0.15, 0.2) is 53.1 Å². The van der Waals surface area contributed by atoms with Crippen LogP contribution >= 0.6 is 15.9 Å². The lowest BCUT2D eigenvalue weighted by Gasteiger charge is -2.22. The summed E-state index contributed by atoms with van der Waals surface area (Å²) >= 11 is 3.58. The van der Waals surface area contributed by atoms with E-state index in [1.165, 1.54) is 43.9 Å². The number of hydrogen-bond acceptors (Lipinski definition) is 4. The summed E-state index contributed by atoms with van der Waals surface area (Å²) in [4.78, 5) is 15.2. The third-order valence-electron chi connectivity index (χ3n) is 6.68. The normalized spacial score (nSPS) is 19.7. The maximum Gasteiger partial charge on any atom is 0.255 e. The van der Waals surface area contributed by atoms with E-state index >= 15 is 0 Å². The van der Waals surface area contributed by atoms with E-state index < -0.39 is 5.82 Å². The third-order valence-corrected chi connectivity index (χ3v) is 7.27. The van der Waals surface area contributed by atoms with Crippen LogP contribution in [0.1, 0.15) is 36.0 Å². The first-order valence-electron chi connectivity index (χ1n) is 11.3. The standard InChI is InChI=1S/C25H26BrFN4O2/c1-30-24(22(26)15-28-30)21-14-18(29-25(32)16-3-2-4-17(27)13-16)5-10-23(21)33-12-11-31-19-6-7-20(31)9-8-19/h2-5,10,13-15,19-20H,6-9,11-12H2,1H3,(H,29,32). The average molecular weight is 513 g/mol. The van der Waals surface area contributed by atoms with Crippen molar-refractivity contribution in [1.29, 1.82) is 0 Å². The highest BCUT2D eigenvalue weighted by Gasteiger charge is 2.38. The molecule has 172 valence electrons. The van der Waals surface area contributed by atoms with E-state index in [9.17, 15) is 9.18 Å². The van der Waals surface area contributed by atoms with E-state index in [4.69, 9.17) is 4.74 Å². The Morgan fingerprint density at radius 2 is 1.94 bits per heavy atom. The lowest BCUT2D eigenvalue weighted by atomic mass is 10.0. The summed E-state index contributed by atoms with van der Waals surface area (Å²) in [7, 11) is 1.86. The SMILES string of the molecule is Cn1ncc(Br)c1-c1cc(NC(=O)c2cccc(F)c2)ccc1OCCN1C2CCC1CC2. The van der Waals surface area contributed by atoms with Gasteiger partial charge >= 0.3 is 0 Å². The zero-order valence-electron chi connectivity index (χ0n) is 18.4. The molecule has 1 N–H and O–H groups in total. The molecule has 2 aliphatic rings. The summed E-state index contributed by atoms with van der Waals surface area (Å²) in [6, 6.07) is 12.6. The van der Waals surface area contributed by atoms with E-state index in [2.05, 4.69) is 31.2 Å². The highest BCUT2D eigenvalue weighted by Crippen LogP contribution is 2.38. The van der Waals surface area contributed by atoms with Crippen molar-refractivity contribution in [2.75, 3.05) is 18.5 Å². The van der Waals surface area contributed by atoms with Crippen molar-refractivity contribution in [2.45, 2.75) is 37.8 Å². The molecule has 2 fully saturated rings. The average Bonchev–Trinajstić information content (AvgIpc) is 3.48. The number of nitrogens with one attached hydrogen (secondary N) is 1. The summed E-state index contributed by atoms with van der Waals surface area (Å²) in [5.41, 5.74) is 2.53. The van der Waals surface area contributed by atoms with Gasteiger partial charge in [0.25, 0.3) is 5.91 Å². The lowest BCUT2D eigenvalue weighted by Crippen LogP contribution is -2.32. The number of fused-ring (bicyclic) bond motifs is 2. The van der Waals surface area contributed by atoms with Crippen molar-refractivity contribution >= 4 is 27.5 Å². The van der Waals surface area contributed by atoms with Crippen molar-refractivity contribution in [1.82, 2.24) is 14.7 Å². The van der Waals surface area contributed by atoms with E-state index in [1.54, 1.807) is 23.0 Å². The van der Waals surface area contributed by atoms with Gasteiger partial charge in [-0.05, 0) is 78.0 Å². The number of nitrogens with zero attached hydrogens (tertiary/aromatic N) is 3. The van der Waals surface area contributed by atoms with Crippen LogP contribution in [-0.2, 0) is 7.05 Å². The number of anilines is 1. The Kier molecular flexibility index (Phi) is 6.21. The molecule has 2 aliphatic heterocycles. The molecule has 3 heterocycles. The van der Waals surface area contributed by atoms with E-state index in [0.717, 1.165) is 28.0 Å². The molecule has 2 saturated heterocycles. The molecular formula is C25H26BrFN4O2. The summed E-state index contributed by atoms with van der Waals surface area (Å²) in [5, 5.41) is 7.19. The van der Waals surface area contributed by atoms with Crippen LogP contribution in [0.3, 0.4) is 0 Å². The van der Waals surface area contributed by atoms with Gasteiger partial charge in [0.15, 0.2) is 0 Å². The fourth-order valence-electron chi connectivity index (χ4n) is 5.11. The van der Waals surface area contributed by atoms with Gasteiger partial charge in [0.05, 0.1) is 16.4 Å². The summed E-state index contributed by atoms with van der Waals surface area (Å²) in [6.45, 7) is 1.52. The second-order valence-corrected chi connectivity index (χ2v) is 9.54. The van der Waals surface area contributed by atoms with Gasteiger partial charge in [-0.2, -0.15) is 5.10 Å². The van der Waals surface area contributed by atoms with Crippen LogP contribution in [0, 0.1) is 5.82 Å². The first kappa shape index (κ1) is 22.1. The van der Waals surface area contributed by atoms with Crippen molar-refractivity contribution in [2.24, 2.45) is 7.05 Å². The smallest absolute Gasteiger partial charge is 0.255 e. The number of ether oxygens (including phenoxy) is 1. The minimum atomic E-state index is -0.447. The predicted octanol–water partition coefficient (Wildman–Crippen LogP) is 5.25. The molecule has 0 unspecified atom stereocenters. The summed E-state index contributed by atoms with van der Waals surface area (Å²) in [6.07, 6.45) is 6.95. The zero-order chi connectivity index (χ0) is 22.9. The second-order valence-electron chi connectivity index (χ2n) is 8.69. The molecule has 0 radical (unpaired) electrons. The van der Waals surface area contributed by atoms with E-state index in [-0.39, 0.29) is 11.5 Å². The lowest BCUT2D eigenvalue weighted by molar-refractivity contribution is 0.102. The Morgan fingerprint density at radius 3 is 2.61 bits per heavy atom. The Labute approximate surface area is 200 Å². The quantitative estimate of drug-likeness (QED) is 0.469. The van der Waals surface area contributed by atoms with Crippen LogP contribution in [-0.4, -0.2) is 45.8 Å². The topological polar surface area (TPSA) is 59.4 Å². The molecule has 0 saturated carbocycles. The molecule has 2 bridgehead atoms. The molecule has 33 heavy (non-hydrogen) atoms. The number of hydrogen-bond donors (Lipinski definition) is 1. The molecule has 0 atom stereocenters. The van der Waals surface area contributed by atoms with Gasteiger partial charge in [0, 0.05) is 42.5 Å². The largest absolute Gasteiger partial charge is 0.492 e. The molecule has 5 rings (SSSR count). The Morgan fingerprint density at radius 1 is 1.18 bits per heavy atom. The number of aryl methyl sites for hydroxylation is 1. The van der Waals surface area contributed by atoms with Gasteiger partial charge in [0.1, 0.15) is 18.2 Å². The minimum Gasteiger partial charge on any atom is -0.492 e. The van der Waals surface area contributed by atoms with Gasteiger partial charge in [0.2, 0.25) is 0 Å². The Balaban J connectivity index is 1.37. The summed E-state index contributed by atoms with van der Waals surface area (Å²) in [5.74, 6) is -0.0883. The molecule has 1 amide bonds. The fourth-order valence-corrected chi connectivity index (χ4v) is 5.67. The fraction of sp³-hybridized carbons (Fsp3) is 0.360. The van der Waals surface area contributed by atoms with Crippen LogP contribution in [0.2, 0.25) is 0 Å². The van der Waals surface area contributed by atoms with Crippen LogP contribution in [0.5, 0.6) is 5.75 Å². The number of carbonyl (C=O) groups is 1. The maximum atomic E-state index is 13.5. The Bertz CT molecular complexity index is 1140. The van der Waals surface area contributed by atoms with Gasteiger partial charge in [-0.15, -0.1) is 0 Å². The van der Waals surface area contributed by atoms with Crippen molar-refractivity contribution in [3.63, 3.8) is 0 Å². The molecule has 8 heteroatoms. The molecule has 3 aromatic rings. The van der Waals surface area contributed by atoms with E-state index in [0.29, 0.717) is 24.4 Å². The minimum absolute atomic E-state index is 0.263. The molecule has 0 aliphatic carbocycles. The molecule has 6 nitrogen and oxygen atoms in total. The number of rotatable bonds is 7. The number of halogens is 2. The van der Waals surface area contributed by atoms with Crippen LogP contribution in [0.25, 0.3) is 11.3 Å². The maximum absolute atomic E-state index is 13.5. The van der Waals surface area contributed by atoms with Gasteiger partial charge in [-0.25, -0.2) is 4.39 Å².